The van der Waals surface area contributed by atoms with Crippen LogP contribution in [0.4, 0.5) is 10.5 Å². The molecule has 10 nitrogen and oxygen atoms in total. The number of ether oxygens (including phenoxy) is 3. The highest BCUT2D eigenvalue weighted by atomic mass is 16.6. The first-order valence-corrected chi connectivity index (χ1v) is 7.95. The molecule has 27 heavy (non-hydrogen) atoms. The summed E-state index contributed by atoms with van der Waals surface area (Å²) < 4.78 is 15.3. The van der Waals surface area contributed by atoms with Gasteiger partial charge in [0.05, 0.1) is 30.7 Å². The van der Waals surface area contributed by atoms with Gasteiger partial charge in [0.15, 0.2) is 5.75 Å². The molecule has 1 aliphatic rings. The van der Waals surface area contributed by atoms with Crippen LogP contribution >= 0.6 is 0 Å². The Bertz CT molecular complexity index is 817. The molecule has 1 saturated heterocycles. The van der Waals surface area contributed by atoms with E-state index in [4.69, 9.17) is 9.47 Å². The first-order chi connectivity index (χ1) is 12.5. The van der Waals surface area contributed by atoms with Gasteiger partial charge < -0.3 is 14.2 Å². The van der Waals surface area contributed by atoms with E-state index < -0.39 is 33.9 Å². The van der Waals surface area contributed by atoms with Crippen molar-refractivity contribution in [2.75, 3.05) is 20.2 Å². The molecule has 1 amide bonds. The second-order valence-corrected chi connectivity index (χ2v) is 6.98. The summed E-state index contributed by atoms with van der Waals surface area (Å²) in [5.41, 5.74) is -2.63. The van der Waals surface area contributed by atoms with E-state index in [1.807, 2.05) is 6.07 Å². The highest BCUT2D eigenvalue weighted by Crippen LogP contribution is 2.35. The number of nitriles is 1. The van der Waals surface area contributed by atoms with Gasteiger partial charge in [0, 0.05) is 6.07 Å². The molecule has 1 fully saturated rings. The molecule has 10 heteroatoms. The lowest BCUT2D eigenvalue weighted by atomic mass is 9.96. The van der Waals surface area contributed by atoms with E-state index in [2.05, 4.69) is 4.74 Å². The number of hydrogen-bond donors (Lipinski definition) is 0. The zero-order valence-corrected chi connectivity index (χ0v) is 15.3. The van der Waals surface area contributed by atoms with Crippen molar-refractivity contribution < 1.29 is 28.7 Å². The number of nitro benzene ring substituents is 1. The second-order valence-electron chi connectivity index (χ2n) is 6.98. The van der Waals surface area contributed by atoms with Crippen LogP contribution in [-0.2, 0) is 9.47 Å². The Kier molecular flexibility index (Phi) is 5.26. The maximum absolute atomic E-state index is 12.0. The molecule has 0 aromatic heterocycles. The van der Waals surface area contributed by atoms with Crippen molar-refractivity contribution in [3.05, 3.63) is 33.9 Å². The Balaban J connectivity index is 2.18. The second kappa shape index (κ2) is 7.11. The van der Waals surface area contributed by atoms with E-state index in [1.165, 1.54) is 17.0 Å². The summed E-state index contributed by atoms with van der Waals surface area (Å²) in [7, 11) is 1.16. The van der Waals surface area contributed by atoms with Gasteiger partial charge >= 0.3 is 17.7 Å². The minimum atomic E-state index is -1.44. The quantitative estimate of drug-likeness (QED) is 0.443. The van der Waals surface area contributed by atoms with Crippen LogP contribution in [0.1, 0.15) is 31.1 Å². The molecule has 0 atom stereocenters. The number of nitro groups is 1. The molecule has 1 heterocycles. The van der Waals surface area contributed by atoms with E-state index >= 15 is 0 Å². The first kappa shape index (κ1) is 20.0. The average molecular weight is 377 g/mol. The summed E-state index contributed by atoms with van der Waals surface area (Å²) in [5, 5.41) is 20.7. The smallest absolute Gasteiger partial charge is 0.410 e. The van der Waals surface area contributed by atoms with E-state index in [9.17, 15) is 25.0 Å². The van der Waals surface area contributed by atoms with Gasteiger partial charge in [-0.1, -0.05) is 0 Å². The fourth-order valence-electron chi connectivity index (χ4n) is 2.39. The van der Waals surface area contributed by atoms with Crippen LogP contribution in [0.15, 0.2) is 18.2 Å². The van der Waals surface area contributed by atoms with Crippen molar-refractivity contribution >= 4 is 17.7 Å². The van der Waals surface area contributed by atoms with Gasteiger partial charge in [0.25, 0.3) is 0 Å². The van der Waals surface area contributed by atoms with Gasteiger partial charge in [0.1, 0.15) is 11.7 Å². The van der Waals surface area contributed by atoms with Crippen molar-refractivity contribution in [1.82, 2.24) is 4.90 Å². The third kappa shape index (κ3) is 4.44. The summed E-state index contributed by atoms with van der Waals surface area (Å²) in [6.07, 6.45) is -0.604. The fraction of sp³-hybridized carbons (Fsp3) is 0.471. The summed E-state index contributed by atoms with van der Waals surface area (Å²) >= 11 is 0. The molecule has 1 aliphatic heterocycles. The lowest BCUT2D eigenvalue weighted by Crippen LogP contribution is -2.66. The normalized spacial score (nSPS) is 15.1. The van der Waals surface area contributed by atoms with E-state index in [0.717, 1.165) is 13.2 Å². The van der Waals surface area contributed by atoms with Crippen LogP contribution in [0.2, 0.25) is 0 Å². The van der Waals surface area contributed by atoms with E-state index in [0.29, 0.717) is 0 Å². The zero-order valence-electron chi connectivity index (χ0n) is 15.3. The molecule has 0 aliphatic carbocycles. The van der Waals surface area contributed by atoms with Crippen molar-refractivity contribution in [2.45, 2.75) is 32.0 Å². The molecule has 0 spiro atoms. The Morgan fingerprint density at radius 1 is 1.33 bits per heavy atom. The lowest BCUT2D eigenvalue weighted by Gasteiger charge is -2.44. The van der Waals surface area contributed by atoms with E-state index in [1.54, 1.807) is 20.8 Å². The van der Waals surface area contributed by atoms with Gasteiger partial charge in [-0.05, 0) is 32.9 Å². The van der Waals surface area contributed by atoms with Crippen molar-refractivity contribution in [1.29, 1.82) is 5.26 Å². The molecule has 0 N–H and O–H groups in total. The number of benzene rings is 1. The minimum absolute atomic E-state index is 0.0217. The minimum Gasteiger partial charge on any atom is -0.465 e. The van der Waals surface area contributed by atoms with Gasteiger partial charge in [-0.25, -0.2) is 9.59 Å². The van der Waals surface area contributed by atoms with Crippen LogP contribution in [0, 0.1) is 21.4 Å². The third-order valence-corrected chi connectivity index (χ3v) is 3.63. The third-order valence-electron chi connectivity index (χ3n) is 3.63. The summed E-state index contributed by atoms with van der Waals surface area (Å²) in [4.78, 5) is 35.4. The highest BCUT2D eigenvalue weighted by molar-refractivity contribution is 5.90. The zero-order chi connectivity index (χ0) is 20.4. The SMILES string of the molecule is COC(=O)c1ccc(OC2(C#N)CN(C(=O)OC(C)(C)C)C2)c([N+](=O)[O-])c1. The topological polar surface area (TPSA) is 132 Å². The number of carbonyl (C=O) groups excluding carboxylic acids is 2. The number of likely N-dealkylation sites (tertiary alicyclic amines) is 1. The first-order valence-electron chi connectivity index (χ1n) is 7.95. The van der Waals surface area contributed by atoms with Crippen LogP contribution < -0.4 is 4.74 Å². The maximum atomic E-state index is 12.0. The predicted octanol–water partition coefficient (Wildman–Crippen LogP) is 2.27. The number of amides is 1. The Hall–Kier alpha value is -3.35. The number of esters is 1. The molecule has 2 rings (SSSR count). The number of rotatable bonds is 4. The van der Waals surface area contributed by atoms with Crippen molar-refractivity contribution in [2.24, 2.45) is 0 Å². The Morgan fingerprint density at radius 2 is 1.96 bits per heavy atom. The van der Waals surface area contributed by atoms with Crippen LogP contribution in [-0.4, -0.2) is 53.3 Å². The number of hydrogen-bond acceptors (Lipinski definition) is 8. The molecule has 0 unspecified atom stereocenters. The van der Waals surface area contributed by atoms with E-state index in [-0.39, 0.29) is 24.4 Å². The number of carbonyl (C=O) groups is 2. The number of nitrogens with zero attached hydrogens (tertiary/aromatic N) is 3. The standard InChI is InChI=1S/C17H19N3O7/c1-16(2,3)27-15(22)19-9-17(8-18,10-19)26-13-6-5-11(14(21)25-4)7-12(13)20(23)24/h5-7H,9-10H2,1-4H3. The fourth-order valence-corrected chi connectivity index (χ4v) is 2.39. The molecular weight excluding hydrogens is 358 g/mol. The van der Waals surface area contributed by atoms with Gasteiger partial charge in [-0.15, -0.1) is 0 Å². The molecule has 144 valence electrons. The largest absolute Gasteiger partial charge is 0.465 e. The van der Waals surface area contributed by atoms with Crippen molar-refractivity contribution in [3.63, 3.8) is 0 Å². The summed E-state index contributed by atoms with van der Waals surface area (Å²) in [5.74, 6) is -0.919. The van der Waals surface area contributed by atoms with Crippen LogP contribution in [0.3, 0.4) is 0 Å². The average Bonchev–Trinajstić information content (AvgIpc) is 2.55. The predicted molar refractivity (Wildman–Crippen MR) is 91.2 cm³/mol. The molecule has 1 aromatic carbocycles. The van der Waals surface area contributed by atoms with Gasteiger partial charge in [-0.3, -0.25) is 15.0 Å². The lowest BCUT2D eigenvalue weighted by molar-refractivity contribution is -0.386. The Morgan fingerprint density at radius 3 is 2.44 bits per heavy atom. The highest BCUT2D eigenvalue weighted by Gasteiger charge is 2.50. The van der Waals surface area contributed by atoms with Gasteiger partial charge in [-0.2, -0.15) is 5.26 Å². The van der Waals surface area contributed by atoms with Crippen LogP contribution in [0.25, 0.3) is 0 Å². The molecule has 1 aromatic rings. The molecule has 0 saturated carbocycles. The monoisotopic (exact) mass is 377 g/mol. The summed E-state index contributed by atoms with van der Waals surface area (Å²) in [6.45, 7) is 4.93. The maximum Gasteiger partial charge on any atom is 0.410 e. The van der Waals surface area contributed by atoms with Crippen LogP contribution in [0.5, 0.6) is 5.75 Å². The Labute approximate surface area is 155 Å². The molecule has 0 bridgehead atoms. The van der Waals surface area contributed by atoms with Gasteiger partial charge in [0.2, 0.25) is 5.60 Å². The van der Waals surface area contributed by atoms with Crippen molar-refractivity contribution in [3.8, 4) is 11.8 Å². The number of methoxy groups -OCH3 is 1. The summed E-state index contributed by atoms with van der Waals surface area (Å²) in [6, 6.07) is 5.47. The molecule has 0 radical (unpaired) electrons. The molecular formula is C17H19N3O7.